The molecule has 1 aromatic heterocycles. The fourth-order valence-corrected chi connectivity index (χ4v) is 2.37. The van der Waals surface area contributed by atoms with Crippen molar-refractivity contribution in [2.75, 3.05) is 0 Å². The number of rotatable bonds is 4. The summed E-state index contributed by atoms with van der Waals surface area (Å²) in [6.07, 6.45) is 2.00. The van der Waals surface area contributed by atoms with E-state index in [4.69, 9.17) is 0 Å². The third-order valence-electron chi connectivity index (χ3n) is 3.52. The van der Waals surface area contributed by atoms with Gasteiger partial charge in [0.1, 0.15) is 11.6 Å². The topological polar surface area (TPSA) is 44.9 Å². The van der Waals surface area contributed by atoms with Crippen molar-refractivity contribution in [3.63, 3.8) is 0 Å². The Bertz CT molecular complexity index is 826. The van der Waals surface area contributed by atoms with Crippen LogP contribution in [-0.4, -0.2) is 10.9 Å². The molecule has 0 aliphatic carbocycles. The zero-order valence-corrected chi connectivity index (χ0v) is 11.7. The number of halogens is 2. The molecule has 0 saturated carbocycles. The summed E-state index contributed by atoms with van der Waals surface area (Å²) < 4.78 is 26.3. The summed E-state index contributed by atoms with van der Waals surface area (Å²) >= 11 is 0. The van der Waals surface area contributed by atoms with Crippen LogP contribution in [0.5, 0.6) is 0 Å². The second kappa shape index (κ2) is 5.97. The number of hydrogen-bond donors (Lipinski definition) is 2. The molecule has 0 saturated heterocycles. The molecule has 0 radical (unpaired) electrons. The zero-order chi connectivity index (χ0) is 15.5. The van der Waals surface area contributed by atoms with E-state index in [0.29, 0.717) is 0 Å². The number of carbonyl (C=O) groups is 1. The number of hydrogen-bond acceptors (Lipinski definition) is 1. The Morgan fingerprint density at radius 2 is 1.91 bits per heavy atom. The van der Waals surface area contributed by atoms with Crippen LogP contribution < -0.4 is 5.32 Å². The first-order valence-electron chi connectivity index (χ1n) is 6.89. The van der Waals surface area contributed by atoms with Gasteiger partial charge >= 0.3 is 0 Å². The van der Waals surface area contributed by atoms with Crippen LogP contribution in [0.4, 0.5) is 8.78 Å². The highest BCUT2D eigenvalue weighted by Gasteiger charge is 2.10. The molecule has 5 heteroatoms. The van der Waals surface area contributed by atoms with Crippen LogP contribution in [0.15, 0.2) is 48.7 Å². The van der Waals surface area contributed by atoms with Crippen LogP contribution in [0, 0.1) is 11.6 Å². The first kappa shape index (κ1) is 14.3. The molecule has 1 amide bonds. The molecule has 22 heavy (non-hydrogen) atoms. The fourth-order valence-electron chi connectivity index (χ4n) is 2.37. The molecule has 0 spiro atoms. The van der Waals surface area contributed by atoms with E-state index < -0.39 is 11.6 Å². The summed E-state index contributed by atoms with van der Waals surface area (Å²) in [6.45, 7) is 0.0350. The van der Waals surface area contributed by atoms with E-state index in [1.165, 1.54) is 12.1 Å². The lowest BCUT2D eigenvalue weighted by Gasteiger charge is -2.06. The number of benzene rings is 2. The Kier molecular flexibility index (Phi) is 3.87. The summed E-state index contributed by atoms with van der Waals surface area (Å²) in [4.78, 5) is 15.1. The average Bonchev–Trinajstić information content (AvgIpc) is 2.90. The van der Waals surface area contributed by atoms with E-state index in [-0.39, 0.29) is 24.4 Å². The normalized spacial score (nSPS) is 10.8. The minimum Gasteiger partial charge on any atom is -0.361 e. The number of fused-ring (bicyclic) bond motifs is 1. The number of nitrogens with one attached hydrogen (secondary N) is 2. The second-order valence-electron chi connectivity index (χ2n) is 5.05. The number of amides is 1. The van der Waals surface area contributed by atoms with Crippen molar-refractivity contribution in [2.24, 2.45) is 0 Å². The Morgan fingerprint density at radius 1 is 1.09 bits per heavy atom. The minimum atomic E-state index is -0.660. The maximum atomic E-state index is 13.5. The molecule has 0 aliphatic heterocycles. The maximum Gasteiger partial charge on any atom is 0.224 e. The van der Waals surface area contributed by atoms with Crippen molar-refractivity contribution >= 4 is 16.8 Å². The van der Waals surface area contributed by atoms with Gasteiger partial charge in [-0.25, -0.2) is 8.78 Å². The van der Waals surface area contributed by atoms with Crippen molar-refractivity contribution in [3.8, 4) is 0 Å². The molecule has 112 valence electrons. The molecule has 0 aliphatic rings. The van der Waals surface area contributed by atoms with Crippen LogP contribution in [0.1, 0.15) is 11.1 Å². The van der Waals surface area contributed by atoms with Crippen LogP contribution >= 0.6 is 0 Å². The third-order valence-corrected chi connectivity index (χ3v) is 3.52. The molecule has 0 unspecified atom stereocenters. The number of H-pyrrole nitrogens is 1. The molecule has 0 atom stereocenters. The Morgan fingerprint density at radius 3 is 2.73 bits per heavy atom. The Hall–Kier alpha value is -2.69. The number of para-hydroxylation sites is 1. The van der Waals surface area contributed by atoms with Crippen LogP contribution in [0.2, 0.25) is 0 Å². The number of aromatic nitrogens is 1. The molecule has 2 aromatic carbocycles. The maximum absolute atomic E-state index is 13.5. The minimum absolute atomic E-state index is 0.0350. The fraction of sp³-hybridized carbons (Fsp3) is 0.118. The second-order valence-corrected chi connectivity index (χ2v) is 5.05. The van der Waals surface area contributed by atoms with Gasteiger partial charge in [-0.2, -0.15) is 0 Å². The van der Waals surface area contributed by atoms with Gasteiger partial charge in [-0.1, -0.05) is 24.3 Å². The molecular formula is C17H14F2N2O. The largest absolute Gasteiger partial charge is 0.361 e. The van der Waals surface area contributed by atoms with Gasteiger partial charge in [0, 0.05) is 35.3 Å². The van der Waals surface area contributed by atoms with Crippen LogP contribution in [-0.2, 0) is 17.8 Å². The predicted octanol–water partition coefficient (Wildman–Crippen LogP) is 3.31. The number of carbonyl (C=O) groups excluding carboxylic acids is 1. The van der Waals surface area contributed by atoms with Crippen molar-refractivity contribution in [1.82, 2.24) is 10.3 Å². The Balaban J connectivity index is 1.65. The molecule has 3 aromatic rings. The quantitative estimate of drug-likeness (QED) is 0.763. The molecule has 0 fully saturated rings. The van der Waals surface area contributed by atoms with Gasteiger partial charge in [0.15, 0.2) is 0 Å². The molecular weight excluding hydrogens is 286 g/mol. The van der Waals surface area contributed by atoms with E-state index in [2.05, 4.69) is 10.3 Å². The van der Waals surface area contributed by atoms with E-state index in [9.17, 15) is 13.6 Å². The zero-order valence-electron chi connectivity index (χ0n) is 11.7. The first-order chi connectivity index (χ1) is 10.6. The average molecular weight is 300 g/mol. The molecule has 0 bridgehead atoms. The summed E-state index contributed by atoms with van der Waals surface area (Å²) in [5.74, 6) is -1.51. The molecule has 2 N–H and O–H groups in total. The standard InChI is InChI=1S/C17H14F2N2O/c18-13-6-5-11(15(19)8-13)9-21-17(22)7-12-10-20-16-4-2-1-3-14(12)16/h1-6,8,10,20H,7,9H2,(H,21,22). The summed E-state index contributed by atoms with van der Waals surface area (Å²) in [5, 5.41) is 3.64. The third kappa shape index (κ3) is 2.98. The molecule has 3 nitrogen and oxygen atoms in total. The van der Waals surface area contributed by atoms with Crippen molar-refractivity contribution in [2.45, 2.75) is 13.0 Å². The van der Waals surface area contributed by atoms with Gasteiger partial charge in [-0.05, 0) is 17.7 Å². The predicted molar refractivity (Wildman–Crippen MR) is 80.2 cm³/mol. The van der Waals surface area contributed by atoms with E-state index in [1.54, 1.807) is 6.20 Å². The van der Waals surface area contributed by atoms with Crippen LogP contribution in [0.25, 0.3) is 10.9 Å². The summed E-state index contributed by atoms with van der Waals surface area (Å²) in [6, 6.07) is 11.0. The van der Waals surface area contributed by atoms with Crippen molar-refractivity contribution in [1.29, 1.82) is 0 Å². The smallest absolute Gasteiger partial charge is 0.224 e. The lowest BCUT2D eigenvalue weighted by Crippen LogP contribution is -2.25. The number of aromatic amines is 1. The van der Waals surface area contributed by atoms with Gasteiger partial charge in [-0.15, -0.1) is 0 Å². The lowest BCUT2D eigenvalue weighted by molar-refractivity contribution is -0.120. The van der Waals surface area contributed by atoms with Gasteiger partial charge in [-0.3, -0.25) is 4.79 Å². The highest BCUT2D eigenvalue weighted by atomic mass is 19.1. The molecule has 3 rings (SSSR count). The van der Waals surface area contributed by atoms with Gasteiger partial charge in [0.05, 0.1) is 6.42 Å². The van der Waals surface area contributed by atoms with Gasteiger partial charge in [0.2, 0.25) is 5.91 Å². The highest BCUT2D eigenvalue weighted by Crippen LogP contribution is 2.18. The summed E-state index contributed by atoms with van der Waals surface area (Å²) in [5.41, 5.74) is 2.11. The van der Waals surface area contributed by atoms with Gasteiger partial charge in [0.25, 0.3) is 0 Å². The van der Waals surface area contributed by atoms with Crippen LogP contribution in [0.3, 0.4) is 0 Å². The highest BCUT2D eigenvalue weighted by molar-refractivity contribution is 5.88. The monoisotopic (exact) mass is 300 g/mol. The van der Waals surface area contributed by atoms with E-state index in [1.807, 2.05) is 24.3 Å². The van der Waals surface area contributed by atoms with Crippen molar-refractivity contribution < 1.29 is 13.6 Å². The van der Waals surface area contributed by atoms with Gasteiger partial charge < -0.3 is 10.3 Å². The van der Waals surface area contributed by atoms with Crippen molar-refractivity contribution in [3.05, 3.63) is 71.4 Å². The van der Waals surface area contributed by atoms with E-state index >= 15 is 0 Å². The molecule has 1 heterocycles. The van der Waals surface area contributed by atoms with E-state index in [0.717, 1.165) is 22.5 Å². The summed E-state index contributed by atoms with van der Waals surface area (Å²) in [7, 11) is 0. The Labute approximate surface area is 126 Å². The lowest BCUT2D eigenvalue weighted by atomic mass is 10.1. The first-order valence-corrected chi connectivity index (χ1v) is 6.89. The SMILES string of the molecule is O=C(Cc1c[nH]c2ccccc12)NCc1ccc(F)cc1F.